The molecule has 0 bridgehead atoms. The van der Waals surface area contributed by atoms with Crippen molar-refractivity contribution in [3.63, 3.8) is 0 Å². The van der Waals surface area contributed by atoms with Crippen LogP contribution in [0, 0.1) is 0 Å². The monoisotopic (exact) mass is 293 g/mol. The van der Waals surface area contributed by atoms with Gasteiger partial charge in [-0.3, -0.25) is 4.79 Å². The lowest BCUT2D eigenvalue weighted by molar-refractivity contribution is -0.125. The third-order valence-electron chi connectivity index (χ3n) is 3.15. The maximum absolute atomic E-state index is 12.3. The van der Waals surface area contributed by atoms with E-state index < -0.39 is 12.0 Å². The van der Waals surface area contributed by atoms with Crippen molar-refractivity contribution in [2.24, 2.45) is 0 Å². The van der Waals surface area contributed by atoms with Gasteiger partial charge in [-0.1, -0.05) is 0 Å². The molecule has 1 fully saturated rings. The van der Waals surface area contributed by atoms with Gasteiger partial charge in [-0.2, -0.15) is 0 Å². The largest absolute Gasteiger partial charge is 0.478 e. The van der Waals surface area contributed by atoms with Crippen molar-refractivity contribution in [2.45, 2.75) is 25.9 Å². The van der Waals surface area contributed by atoms with Crippen LogP contribution in [-0.2, 0) is 9.53 Å². The van der Waals surface area contributed by atoms with Crippen LogP contribution in [0.2, 0.25) is 0 Å². The van der Waals surface area contributed by atoms with Gasteiger partial charge in [-0.15, -0.1) is 0 Å². The number of carbonyl (C=O) groups excluding carboxylic acids is 1. The van der Waals surface area contributed by atoms with Crippen LogP contribution >= 0.6 is 0 Å². The SMILES string of the molecule is CC(C)NC(=O)C1COCCN1c1ncccc1C(=O)O. The zero-order valence-corrected chi connectivity index (χ0v) is 12.1. The molecule has 21 heavy (non-hydrogen) atoms. The number of anilines is 1. The first kappa shape index (κ1) is 15.2. The molecule has 1 aliphatic heterocycles. The van der Waals surface area contributed by atoms with Gasteiger partial charge >= 0.3 is 5.97 Å². The number of hydrogen-bond donors (Lipinski definition) is 2. The molecule has 7 nitrogen and oxygen atoms in total. The summed E-state index contributed by atoms with van der Waals surface area (Å²) in [5.74, 6) is -0.948. The normalized spacial score (nSPS) is 18.6. The zero-order chi connectivity index (χ0) is 15.4. The van der Waals surface area contributed by atoms with E-state index in [1.165, 1.54) is 12.3 Å². The minimum atomic E-state index is -1.06. The number of carbonyl (C=O) groups is 2. The van der Waals surface area contributed by atoms with Gasteiger partial charge < -0.3 is 20.1 Å². The molecule has 1 unspecified atom stereocenters. The van der Waals surface area contributed by atoms with E-state index in [-0.39, 0.29) is 24.1 Å². The Morgan fingerprint density at radius 3 is 2.95 bits per heavy atom. The molecular formula is C14H19N3O4. The van der Waals surface area contributed by atoms with Gasteiger partial charge in [0.05, 0.1) is 13.2 Å². The van der Waals surface area contributed by atoms with Crippen LogP contribution < -0.4 is 10.2 Å². The Balaban J connectivity index is 2.31. The fourth-order valence-electron chi connectivity index (χ4n) is 2.25. The van der Waals surface area contributed by atoms with E-state index in [0.717, 1.165) is 0 Å². The number of carboxylic acids is 1. The molecule has 1 aromatic heterocycles. The van der Waals surface area contributed by atoms with Crippen LogP contribution in [0.5, 0.6) is 0 Å². The summed E-state index contributed by atoms with van der Waals surface area (Å²) in [4.78, 5) is 29.4. The lowest BCUT2D eigenvalue weighted by Gasteiger charge is -2.36. The van der Waals surface area contributed by atoms with Crippen molar-refractivity contribution in [1.82, 2.24) is 10.3 Å². The molecule has 2 heterocycles. The molecular weight excluding hydrogens is 274 g/mol. The van der Waals surface area contributed by atoms with Crippen molar-refractivity contribution in [1.29, 1.82) is 0 Å². The second-order valence-electron chi connectivity index (χ2n) is 5.13. The Morgan fingerprint density at radius 1 is 1.52 bits per heavy atom. The number of hydrogen-bond acceptors (Lipinski definition) is 5. The van der Waals surface area contributed by atoms with Crippen LogP contribution in [-0.4, -0.2) is 53.8 Å². The number of nitrogens with one attached hydrogen (secondary N) is 1. The summed E-state index contributed by atoms with van der Waals surface area (Å²) in [7, 11) is 0. The number of ether oxygens (including phenoxy) is 1. The predicted octanol–water partition coefficient (Wildman–Crippen LogP) is 0.510. The standard InChI is InChI=1S/C14H19N3O4/c1-9(2)16-13(18)11-8-21-7-6-17(11)12-10(14(19)20)4-3-5-15-12/h3-5,9,11H,6-8H2,1-2H3,(H,16,18)(H,19,20). The summed E-state index contributed by atoms with van der Waals surface area (Å²) < 4.78 is 5.36. The lowest BCUT2D eigenvalue weighted by atomic mass is 10.1. The van der Waals surface area contributed by atoms with E-state index in [0.29, 0.717) is 19.0 Å². The van der Waals surface area contributed by atoms with E-state index in [2.05, 4.69) is 10.3 Å². The van der Waals surface area contributed by atoms with Gasteiger partial charge in [-0.05, 0) is 26.0 Å². The molecule has 1 saturated heterocycles. The third-order valence-corrected chi connectivity index (χ3v) is 3.15. The smallest absolute Gasteiger partial charge is 0.339 e. The Kier molecular flexibility index (Phi) is 4.74. The molecule has 0 aliphatic carbocycles. The summed E-state index contributed by atoms with van der Waals surface area (Å²) in [5, 5.41) is 12.1. The van der Waals surface area contributed by atoms with Crippen LogP contribution in [0.3, 0.4) is 0 Å². The molecule has 0 aromatic carbocycles. The summed E-state index contributed by atoms with van der Waals surface area (Å²) >= 11 is 0. The van der Waals surface area contributed by atoms with Crippen LogP contribution in [0.4, 0.5) is 5.82 Å². The molecule has 0 saturated carbocycles. The summed E-state index contributed by atoms with van der Waals surface area (Å²) in [6.45, 7) is 4.81. The van der Waals surface area contributed by atoms with Crippen molar-refractivity contribution in [2.75, 3.05) is 24.7 Å². The van der Waals surface area contributed by atoms with E-state index >= 15 is 0 Å². The molecule has 1 amide bonds. The highest BCUT2D eigenvalue weighted by Gasteiger charge is 2.32. The number of nitrogens with zero attached hydrogens (tertiary/aromatic N) is 2. The van der Waals surface area contributed by atoms with Crippen LogP contribution in [0.1, 0.15) is 24.2 Å². The van der Waals surface area contributed by atoms with Crippen LogP contribution in [0.25, 0.3) is 0 Å². The zero-order valence-electron chi connectivity index (χ0n) is 12.1. The van der Waals surface area contributed by atoms with Gasteiger partial charge in [0.1, 0.15) is 17.4 Å². The molecule has 2 rings (SSSR count). The van der Waals surface area contributed by atoms with Gasteiger partial charge in [0.15, 0.2) is 0 Å². The van der Waals surface area contributed by atoms with Gasteiger partial charge in [0.25, 0.3) is 0 Å². The highest BCUT2D eigenvalue weighted by molar-refractivity contribution is 5.95. The molecule has 114 valence electrons. The number of pyridine rings is 1. The number of amides is 1. The number of morpholine rings is 1. The molecule has 1 atom stereocenters. The van der Waals surface area contributed by atoms with Crippen molar-refractivity contribution in [3.05, 3.63) is 23.9 Å². The average Bonchev–Trinajstić information content (AvgIpc) is 2.46. The van der Waals surface area contributed by atoms with Crippen molar-refractivity contribution in [3.8, 4) is 0 Å². The van der Waals surface area contributed by atoms with Crippen LogP contribution in [0.15, 0.2) is 18.3 Å². The van der Waals surface area contributed by atoms with Gasteiger partial charge in [0.2, 0.25) is 5.91 Å². The van der Waals surface area contributed by atoms with Gasteiger partial charge in [0, 0.05) is 18.8 Å². The lowest BCUT2D eigenvalue weighted by Crippen LogP contribution is -2.55. The first-order valence-electron chi connectivity index (χ1n) is 6.83. The Hall–Kier alpha value is -2.15. The number of aromatic carboxylic acids is 1. The first-order valence-corrected chi connectivity index (χ1v) is 6.83. The Morgan fingerprint density at radius 2 is 2.29 bits per heavy atom. The number of rotatable bonds is 4. The summed E-state index contributed by atoms with van der Waals surface area (Å²) in [6.07, 6.45) is 1.52. The van der Waals surface area contributed by atoms with E-state index in [1.54, 1.807) is 11.0 Å². The molecule has 7 heteroatoms. The molecule has 2 N–H and O–H groups in total. The second kappa shape index (κ2) is 6.53. The molecule has 0 radical (unpaired) electrons. The summed E-state index contributed by atoms with van der Waals surface area (Å²) in [5.41, 5.74) is 0.0850. The second-order valence-corrected chi connectivity index (χ2v) is 5.13. The first-order chi connectivity index (χ1) is 10.0. The topological polar surface area (TPSA) is 91.8 Å². The minimum Gasteiger partial charge on any atom is -0.478 e. The highest BCUT2D eigenvalue weighted by Crippen LogP contribution is 2.22. The predicted molar refractivity (Wildman–Crippen MR) is 76.4 cm³/mol. The van der Waals surface area contributed by atoms with E-state index in [1.807, 2.05) is 13.8 Å². The van der Waals surface area contributed by atoms with Crippen molar-refractivity contribution >= 4 is 17.7 Å². The average molecular weight is 293 g/mol. The molecule has 1 aromatic rings. The van der Waals surface area contributed by atoms with Crippen molar-refractivity contribution < 1.29 is 19.4 Å². The number of aromatic nitrogens is 1. The quantitative estimate of drug-likeness (QED) is 0.840. The molecule has 1 aliphatic rings. The minimum absolute atomic E-state index is 0.00366. The fraction of sp³-hybridized carbons (Fsp3) is 0.500. The number of carboxylic acid groups (broad SMARTS) is 1. The molecule has 0 spiro atoms. The Bertz CT molecular complexity index is 533. The third kappa shape index (κ3) is 3.49. The maximum atomic E-state index is 12.3. The van der Waals surface area contributed by atoms with E-state index in [9.17, 15) is 14.7 Å². The Labute approximate surface area is 122 Å². The highest BCUT2D eigenvalue weighted by atomic mass is 16.5. The summed E-state index contributed by atoms with van der Waals surface area (Å²) in [6, 6.07) is 2.48. The van der Waals surface area contributed by atoms with E-state index in [4.69, 9.17) is 4.74 Å². The van der Waals surface area contributed by atoms with Gasteiger partial charge in [-0.25, -0.2) is 9.78 Å². The fourth-order valence-corrected chi connectivity index (χ4v) is 2.25. The maximum Gasteiger partial charge on any atom is 0.339 e.